The van der Waals surface area contributed by atoms with Gasteiger partial charge in [0.25, 0.3) is 0 Å². The Hall–Kier alpha value is -2.61. The SMILES string of the molecule is CC(C)CCC(NC(=O)[C@H](CC(=O)O)NC(=O)OCc1ccccc1)C(C)O. The third-order valence-electron chi connectivity index (χ3n) is 4.17. The molecule has 0 fully saturated rings. The van der Waals surface area contributed by atoms with Crippen LogP contribution in [0.3, 0.4) is 0 Å². The highest BCUT2D eigenvalue weighted by atomic mass is 16.5. The number of aliphatic hydroxyl groups is 1. The molecule has 28 heavy (non-hydrogen) atoms. The molecule has 0 aliphatic rings. The second kappa shape index (κ2) is 12.0. The van der Waals surface area contributed by atoms with Gasteiger partial charge in [-0.3, -0.25) is 9.59 Å². The molecular formula is C20H30N2O6. The molecule has 0 heterocycles. The van der Waals surface area contributed by atoms with Gasteiger partial charge in [-0.1, -0.05) is 44.2 Å². The molecule has 1 aromatic carbocycles. The minimum atomic E-state index is -1.30. The van der Waals surface area contributed by atoms with Crippen LogP contribution in [-0.4, -0.2) is 46.4 Å². The second-order valence-electron chi connectivity index (χ2n) is 7.18. The molecule has 8 heteroatoms. The lowest BCUT2D eigenvalue weighted by molar-refractivity contribution is -0.140. The average Bonchev–Trinajstić information content (AvgIpc) is 2.62. The van der Waals surface area contributed by atoms with E-state index in [1.165, 1.54) is 0 Å². The number of nitrogens with one attached hydrogen (secondary N) is 2. The summed E-state index contributed by atoms with van der Waals surface area (Å²) in [6, 6.07) is 7.13. The van der Waals surface area contributed by atoms with Crippen LogP contribution in [0.5, 0.6) is 0 Å². The largest absolute Gasteiger partial charge is 0.481 e. The molecule has 4 N–H and O–H groups in total. The maximum Gasteiger partial charge on any atom is 0.408 e. The summed E-state index contributed by atoms with van der Waals surface area (Å²) >= 11 is 0. The first-order valence-corrected chi connectivity index (χ1v) is 9.36. The van der Waals surface area contributed by atoms with Crippen molar-refractivity contribution in [2.45, 2.75) is 64.8 Å². The maximum absolute atomic E-state index is 12.5. The molecule has 8 nitrogen and oxygen atoms in total. The molecule has 0 saturated heterocycles. The van der Waals surface area contributed by atoms with Gasteiger partial charge in [-0.05, 0) is 31.2 Å². The number of carbonyl (C=O) groups excluding carboxylic acids is 2. The highest BCUT2D eigenvalue weighted by molar-refractivity contribution is 5.89. The Kier molecular flexibility index (Phi) is 10.0. The Labute approximate surface area is 165 Å². The smallest absolute Gasteiger partial charge is 0.408 e. The third-order valence-corrected chi connectivity index (χ3v) is 4.17. The maximum atomic E-state index is 12.5. The quantitative estimate of drug-likeness (QED) is 0.455. The number of hydrogen-bond acceptors (Lipinski definition) is 5. The van der Waals surface area contributed by atoms with E-state index in [9.17, 15) is 19.5 Å². The monoisotopic (exact) mass is 394 g/mol. The van der Waals surface area contributed by atoms with Crippen LogP contribution in [0, 0.1) is 5.92 Å². The Morgan fingerprint density at radius 3 is 2.21 bits per heavy atom. The molecular weight excluding hydrogens is 364 g/mol. The Bertz CT molecular complexity index is 633. The molecule has 0 saturated carbocycles. The minimum Gasteiger partial charge on any atom is -0.481 e. The fourth-order valence-corrected chi connectivity index (χ4v) is 2.52. The lowest BCUT2D eigenvalue weighted by Crippen LogP contribution is -2.52. The number of carboxylic acid groups (broad SMARTS) is 1. The molecule has 3 atom stereocenters. The molecule has 0 spiro atoms. The van der Waals surface area contributed by atoms with E-state index >= 15 is 0 Å². The summed E-state index contributed by atoms with van der Waals surface area (Å²) in [7, 11) is 0. The van der Waals surface area contributed by atoms with E-state index in [0.717, 1.165) is 12.0 Å². The standard InChI is InChI=1S/C20H30N2O6/c1-13(2)9-10-16(14(3)23)21-19(26)17(11-18(24)25)22-20(27)28-12-15-7-5-4-6-8-15/h4-8,13-14,16-17,23H,9-12H2,1-3H3,(H,21,26)(H,22,27)(H,24,25)/t14?,16?,17-/m0/s1. The molecule has 0 radical (unpaired) electrons. The predicted octanol–water partition coefficient (Wildman–Crippen LogP) is 2.06. The Morgan fingerprint density at radius 2 is 1.68 bits per heavy atom. The van der Waals surface area contributed by atoms with Crippen LogP contribution in [-0.2, 0) is 20.9 Å². The summed E-state index contributed by atoms with van der Waals surface area (Å²) < 4.78 is 5.05. The van der Waals surface area contributed by atoms with E-state index in [2.05, 4.69) is 10.6 Å². The molecule has 1 rings (SSSR count). The number of benzene rings is 1. The van der Waals surface area contributed by atoms with Crippen LogP contribution in [0.4, 0.5) is 4.79 Å². The number of amides is 2. The lowest BCUT2D eigenvalue weighted by Gasteiger charge is -2.25. The number of rotatable bonds is 11. The van der Waals surface area contributed by atoms with Crippen molar-refractivity contribution in [3.63, 3.8) is 0 Å². The van der Waals surface area contributed by atoms with Crippen molar-refractivity contribution in [1.82, 2.24) is 10.6 Å². The van der Waals surface area contributed by atoms with Gasteiger partial charge in [-0.25, -0.2) is 4.79 Å². The van der Waals surface area contributed by atoms with Gasteiger partial charge in [-0.2, -0.15) is 0 Å². The van der Waals surface area contributed by atoms with Gasteiger partial charge in [0.2, 0.25) is 5.91 Å². The van der Waals surface area contributed by atoms with E-state index in [1.54, 1.807) is 31.2 Å². The van der Waals surface area contributed by atoms with Gasteiger partial charge in [0, 0.05) is 0 Å². The second-order valence-corrected chi connectivity index (χ2v) is 7.18. The van der Waals surface area contributed by atoms with Gasteiger partial charge >= 0.3 is 12.1 Å². The van der Waals surface area contributed by atoms with E-state index in [0.29, 0.717) is 12.3 Å². The number of carboxylic acids is 1. The van der Waals surface area contributed by atoms with Crippen molar-refractivity contribution in [3.05, 3.63) is 35.9 Å². The van der Waals surface area contributed by atoms with Crippen molar-refractivity contribution < 1.29 is 29.3 Å². The zero-order valence-electron chi connectivity index (χ0n) is 16.6. The molecule has 0 aromatic heterocycles. The zero-order chi connectivity index (χ0) is 21.1. The van der Waals surface area contributed by atoms with Crippen LogP contribution < -0.4 is 10.6 Å². The highest BCUT2D eigenvalue weighted by Crippen LogP contribution is 2.10. The molecule has 2 unspecified atom stereocenters. The van der Waals surface area contributed by atoms with Gasteiger partial charge < -0.3 is 25.6 Å². The summed E-state index contributed by atoms with van der Waals surface area (Å²) in [6.45, 7) is 5.61. The normalized spacial score (nSPS) is 14.0. The van der Waals surface area contributed by atoms with Crippen LogP contribution in [0.2, 0.25) is 0 Å². The van der Waals surface area contributed by atoms with Crippen molar-refractivity contribution in [3.8, 4) is 0 Å². The van der Waals surface area contributed by atoms with Crippen LogP contribution in [0.15, 0.2) is 30.3 Å². The van der Waals surface area contributed by atoms with Gasteiger partial charge in [-0.15, -0.1) is 0 Å². The number of ether oxygens (including phenoxy) is 1. The molecule has 1 aromatic rings. The van der Waals surface area contributed by atoms with Gasteiger partial charge in [0.05, 0.1) is 18.6 Å². The highest BCUT2D eigenvalue weighted by Gasteiger charge is 2.27. The predicted molar refractivity (Wildman–Crippen MR) is 103 cm³/mol. The van der Waals surface area contributed by atoms with Crippen molar-refractivity contribution in [2.75, 3.05) is 0 Å². The van der Waals surface area contributed by atoms with E-state index in [-0.39, 0.29) is 6.61 Å². The minimum absolute atomic E-state index is 0.00122. The topological polar surface area (TPSA) is 125 Å². The van der Waals surface area contributed by atoms with E-state index < -0.39 is 42.6 Å². The number of carbonyl (C=O) groups is 3. The van der Waals surface area contributed by atoms with Crippen LogP contribution in [0.25, 0.3) is 0 Å². The first-order valence-electron chi connectivity index (χ1n) is 9.36. The Morgan fingerprint density at radius 1 is 1.04 bits per heavy atom. The lowest BCUT2D eigenvalue weighted by atomic mass is 9.99. The number of aliphatic carboxylic acids is 1. The van der Waals surface area contributed by atoms with Crippen molar-refractivity contribution in [1.29, 1.82) is 0 Å². The summed E-state index contributed by atoms with van der Waals surface area (Å²) in [5, 5.41) is 23.9. The third kappa shape index (κ3) is 9.36. The number of aliphatic hydroxyl groups excluding tert-OH is 1. The zero-order valence-corrected chi connectivity index (χ0v) is 16.6. The van der Waals surface area contributed by atoms with Crippen LogP contribution >= 0.6 is 0 Å². The van der Waals surface area contributed by atoms with Crippen molar-refractivity contribution in [2.24, 2.45) is 5.92 Å². The first kappa shape index (κ1) is 23.4. The summed E-state index contributed by atoms with van der Waals surface area (Å²) in [5.74, 6) is -1.52. The summed E-state index contributed by atoms with van der Waals surface area (Å²) in [6.07, 6.45) is -0.965. The van der Waals surface area contributed by atoms with Gasteiger partial charge in [0.1, 0.15) is 12.6 Å². The molecule has 0 bridgehead atoms. The summed E-state index contributed by atoms with van der Waals surface area (Å²) in [5.41, 5.74) is 0.764. The fraction of sp³-hybridized carbons (Fsp3) is 0.550. The summed E-state index contributed by atoms with van der Waals surface area (Å²) in [4.78, 5) is 35.6. The van der Waals surface area contributed by atoms with Crippen molar-refractivity contribution >= 4 is 18.0 Å². The molecule has 2 amide bonds. The first-order chi connectivity index (χ1) is 13.2. The van der Waals surface area contributed by atoms with Gasteiger partial charge in [0.15, 0.2) is 0 Å². The van der Waals surface area contributed by atoms with E-state index in [1.807, 2.05) is 19.9 Å². The molecule has 156 valence electrons. The average molecular weight is 394 g/mol. The Balaban J connectivity index is 2.67. The molecule has 0 aliphatic heterocycles. The van der Waals surface area contributed by atoms with Crippen LogP contribution in [0.1, 0.15) is 45.6 Å². The molecule has 0 aliphatic carbocycles. The number of alkyl carbamates (subject to hydrolysis) is 1. The number of hydrogen-bond donors (Lipinski definition) is 4. The van der Waals surface area contributed by atoms with E-state index in [4.69, 9.17) is 9.84 Å². The fourth-order valence-electron chi connectivity index (χ4n) is 2.52.